The molecular weight excluding hydrogens is 354 g/mol. The molecule has 4 nitrogen and oxygen atoms in total. The van der Waals surface area contributed by atoms with Gasteiger partial charge in [-0.1, -0.05) is 28.8 Å². The molecule has 0 radical (unpaired) electrons. The number of halogens is 1. The van der Waals surface area contributed by atoms with E-state index in [-0.39, 0.29) is 5.91 Å². The summed E-state index contributed by atoms with van der Waals surface area (Å²) in [6, 6.07) is 8.20. The van der Waals surface area contributed by atoms with E-state index in [1.807, 2.05) is 31.2 Å². The Kier molecular flexibility index (Phi) is 4.96. The van der Waals surface area contributed by atoms with Crippen molar-refractivity contribution in [3.63, 3.8) is 0 Å². The number of aromatic nitrogens is 1. The van der Waals surface area contributed by atoms with Crippen LogP contribution >= 0.6 is 15.9 Å². The van der Waals surface area contributed by atoms with Crippen molar-refractivity contribution in [3.05, 3.63) is 52.3 Å². The molecule has 1 aliphatic rings. The number of nitrogens with one attached hydrogen (secondary N) is 2. The molecule has 0 unspecified atom stereocenters. The van der Waals surface area contributed by atoms with E-state index in [0.717, 1.165) is 34.3 Å². The molecule has 0 aliphatic heterocycles. The molecule has 1 aromatic heterocycles. The summed E-state index contributed by atoms with van der Waals surface area (Å²) >= 11 is 3.46. The lowest BCUT2D eigenvalue weighted by Gasteiger charge is -2.13. The topological polar surface area (TPSA) is 54.0 Å². The van der Waals surface area contributed by atoms with Gasteiger partial charge in [0, 0.05) is 22.4 Å². The monoisotopic (exact) mass is 373 g/mol. The van der Waals surface area contributed by atoms with Crippen molar-refractivity contribution in [2.24, 2.45) is 0 Å². The van der Waals surface area contributed by atoms with E-state index in [1.54, 1.807) is 12.4 Å². The Hall–Kier alpha value is -1.88. The number of carbonyl (C=O) groups is 1. The lowest BCUT2D eigenvalue weighted by Crippen LogP contribution is -2.32. The number of carbonyl (C=O) groups excluding carboxylic acids is 1. The van der Waals surface area contributed by atoms with Crippen LogP contribution in [0.3, 0.4) is 0 Å². The van der Waals surface area contributed by atoms with Gasteiger partial charge in [-0.25, -0.2) is 0 Å². The summed E-state index contributed by atoms with van der Waals surface area (Å²) in [6.07, 6.45) is 7.91. The van der Waals surface area contributed by atoms with Crippen molar-refractivity contribution < 1.29 is 4.79 Å². The fourth-order valence-corrected chi connectivity index (χ4v) is 3.37. The summed E-state index contributed by atoms with van der Waals surface area (Å²) in [7, 11) is 0. The molecule has 1 aromatic carbocycles. The van der Waals surface area contributed by atoms with E-state index >= 15 is 0 Å². The Morgan fingerprint density at radius 3 is 2.74 bits per heavy atom. The maximum Gasteiger partial charge on any atom is 0.253 e. The van der Waals surface area contributed by atoms with Gasteiger partial charge in [0.2, 0.25) is 0 Å². The average molecular weight is 374 g/mol. The molecule has 1 aliphatic carbocycles. The summed E-state index contributed by atoms with van der Waals surface area (Å²) in [4.78, 5) is 16.5. The Bertz CT molecular complexity index is 711. The second-order valence-corrected chi connectivity index (χ2v) is 6.92. The minimum atomic E-state index is -0.0411. The summed E-state index contributed by atoms with van der Waals surface area (Å²) in [5, 5.41) is 6.42. The van der Waals surface area contributed by atoms with E-state index in [9.17, 15) is 4.79 Å². The van der Waals surface area contributed by atoms with E-state index in [4.69, 9.17) is 0 Å². The van der Waals surface area contributed by atoms with Crippen LogP contribution in [0.1, 0.15) is 41.6 Å². The van der Waals surface area contributed by atoms with Crippen LogP contribution in [-0.4, -0.2) is 16.9 Å². The lowest BCUT2D eigenvalue weighted by atomic mass is 10.2. The third-order valence-electron chi connectivity index (χ3n) is 4.16. The molecule has 1 saturated carbocycles. The highest BCUT2D eigenvalue weighted by Gasteiger charge is 2.18. The normalized spacial score (nSPS) is 14.7. The second-order valence-electron chi connectivity index (χ2n) is 6.00. The number of rotatable bonds is 4. The fraction of sp³-hybridized carbons (Fsp3) is 0.333. The molecule has 23 heavy (non-hydrogen) atoms. The molecule has 0 spiro atoms. The number of anilines is 2. The molecule has 1 amide bonds. The number of amides is 1. The molecule has 0 atom stereocenters. The SMILES string of the molecule is Cc1cc(Br)ccc1Nc1cncc(C(=O)NC2CCCC2)c1. The van der Waals surface area contributed by atoms with Gasteiger partial charge in [0.15, 0.2) is 0 Å². The first-order chi connectivity index (χ1) is 11.1. The molecule has 2 aromatic rings. The summed E-state index contributed by atoms with van der Waals surface area (Å²) in [6.45, 7) is 2.04. The van der Waals surface area contributed by atoms with Gasteiger partial charge in [0.05, 0.1) is 17.4 Å². The third kappa shape index (κ3) is 4.10. The van der Waals surface area contributed by atoms with Gasteiger partial charge < -0.3 is 10.6 Å². The molecular formula is C18H20BrN3O. The predicted octanol–water partition coefficient (Wildman–Crippen LogP) is 4.57. The van der Waals surface area contributed by atoms with Gasteiger partial charge in [0.25, 0.3) is 5.91 Å². The van der Waals surface area contributed by atoms with Gasteiger partial charge in [-0.15, -0.1) is 0 Å². The number of hydrogen-bond acceptors (Lipinski definition) is 3. The van der Waals surface area contributed by atoms with Crippen LogP contribution in [0.15, 0.2) is 41.1 Å². The van der Waals surface area contributed by atoms with Crippen LogP contribution in [0.25, 0.3) is 0 Å². The number of aryl methyl sites for hydroxylation is 1. The Morgan fingerprint density at radius 2 is 2.00 bits per heavy atom. The highest BCUT2D eigenvalue weighted by molar-refractivity contribution is 9.10. The Labute approximate surface area is 144 Å². The van der Waals surface area contributed by atoms with Gasteiger partial charge in [-0.05, 0) is 49.6 Å². The summed E-state index contributed by atoms with van der Waals surface area (Å²) < 4.78 is 1.04. The zero-order valence-corrected chi connectivity index (χ0v) is 14.7. The van der Waals surface area contributed by atoms with Crippen molar-refractivity contribution in [1.29, 1.82) is 0 Å². The third-order valence-corrected chi connectivity index (χ3v) is 4.65. The quantitative estimate of drug-likeness (QED) is 0.825. The second kappa shape index (κ2) is 7.13. The lowest BCUT2D eigenvalue weighted by molar-refractivity contribution is 0.0937. The molecule has 1 heterocycles. The Balaban J connectivity index is 1.72. The molecule has 120 valence electrons. The molecule has 2 N–H and O–H groups in total. The molecule has 0 bridgehead atoms. The minimum Gasteiger partial charge on any atom is -0.354 e. The maximum absolute atomic E-state index is 12.3. The van der Waals surface area contributed by atoms with Gasteiger partial charge in [-0.3, -0.25) is 9.78 Å². The first-order valence-electron chi connectivity index (χ1n) is 7.91. The highest BCUT2D eigenvalue weighted by atomic mass is 79.9. The van der Waals surface area contributed by atoms with Crippen molar-refractivity contribution in [2.45, 2.75) is 38.6 Å². The number of pyridine rings is 1. The Morgan fingerprint density at radius 1 is 1.22 bits per heavy atom. The van der Waals surface area contributed by atoms with Crippen LogP contribution in [0.5, 0.6) is 0 Å². The van der Waals surface area contributed by atoms with Gasteiger partial charge >= 0.3 is 0 Å². The number of benzene rings is 1. The molecule has 1 fully saturated rings. The molecule has 0 saturated heterocycles. The van der Waals surface area contributed by atoms with Crippen LogP contribution in [0.4, 0.5) is 11.4 Å². The zero-order chi connectivity index (χ0) is 16.2. The first-order valence-corrected chi connectivity index (χ1v) is 8.70. The van der Waals surface area contributed by atoms with Crippen molar-refractivity contribution in [3.8, 4) is 0 Å². The molecule has 5 heteroatoms. The number of hydrogen-bond donors (Lipinski definition) is 2. The molecule has 3 rings (SSSR count). The van der Waals surface area contributed by atoms with Crippen LogP contribution in [-0.2, 0) is 0 Å². The van der Waals surface area contributed by atoms with E-state index < -0.39 is 0 Å². The van der Waals surface area contributed by atoms with Crippen molar-refractivity contribution >= 4 is 33.2 Å². The van der Waals surface area contributed by atoms with E-state index in [2.05, 4.69) is 31.5 Å². The smallest absolute Gasteiger partial charge is 0.253 e. The van der Waals surface area contributed by atoms with Gasteiger partial charge in [0.1, 0.15) is 0 Å². The number of nitrogens with zero attached hydrogens (tertiary/aromatic N) is 1. The predicted molar refractivity (Wildman–Crippen MR) is 96.1 cm³/mol. The minimum absolute atomic E-state index is 0.0411. The van der Waals surface area contributed by atoms with E-state index in [1.165, 1.54) is 12.8 Å². The average Bonchev–Trinajstić information content (AvgIpc) is 3.03. The standard InChI is InChI=1S/C18H20BrN3O/c1-12-8-14(19)6-7-17(12)21-16-9-13(10-20-11-16)18(23)22-15-4-2-3-5-15/h6-11,15,21H,2-5H2,1H3,(H,22,23). The van der Waals surface area contributed by atoms with Gasteiger partial charge in [-0.2, -0.15) is 0 Å². The highest BCUT2D eigenvalue weighted by Crippen LogP contribution is 2.24. The maximum atomic E-state index is 12.3. The van der Waals surface area contributed by atoms with Crippen LogP contribution in [0.2, 0.25) is 0 Å². The summed E-state index contributed by atoms with van der Waals surface area (Å²) in [5.41, 5.74) is 3.54. The largest absolute Gasteiger partial charge is 0.354 e. The van der Waals surface area contributed by atoms with E-state index in [0.29, 0.717) is 11.6 Å². The fourth-order valence-electron chi connectivity index (χ4n) is 2.89. The zero-order valence-electron chi connectivity index (χ0n) is 13.1. The van der Waals surface area contributed by atoms with Crippen molar-refractivity contribution in [2.75, 3.05) is 5.32 Å². The van der Waals surface area contributed by atoms with Crippen LogP contribution < -0.4 is 10.6 Å². The van der Waals surface area contributed by atoms with Crippen molar-refractivity contribution in [1.82, 2.24) is 10.3 Å². The first kappa shape index (κ1) is 16.0. The summed E-state index contributed by atoms with van der Waals surface area (Å²) in [5.74, 6) is -0.0411. The van der Waals surface area contributed by atoms with Crippen LogP contribution in [0, 0.1) is 6.92 Å².